The van der Waals surface area contributed by atoms with Crippen LogP contribution in [-0.4, -0.2) is 18.0 Å². The minimum Gasteiger partial charge on any atom is -0.497 e. The van der Waals surface area contributed by atoms with Crippen LogP contribution in [0.2, 0.25) is 5.15 Å². The van der Waals surface area contributed by atoms with Gasteiger partial charge in [-0.05, 0) is 36.2 Å². The van der Waals surface area contributed by atoms with Crippen LogP contribution in [0.15, 0.2) is 42.5 Å². The minimum absolute atomic E-state index is 0.0795. The fourth-order valence-electron chi connectivity index (χ4n) is 2.02. The molecule has 0 aliphatic carbocycles. The second-order valence-corrected chi connectivity index (χ2v) is 4.94. The molecule has 0 radical (unpaired) electrons. The number of amides is 1. The average molecular weight is 305 g/mol. The average Bonchev–Trinajstić information content (AvgIpc) is 2.52. The van der Waals surface area contributed by atoms with E-state index in [2.05, 4.69) is 10.3 Å². The largest absolute Gasteiger partial charge is 0.497 e. The number of nitrogens with one attached hydrogen (secondary N) is 1. The van der Waals surface area contributed by atoms with Gasteiger partial charge in [-0.15, -0.1) is 0 Å². The van der Waals surface area contributed by atoms with Gasteiger partial charge in [0, 0.05) is 0 Å². The predicted octanol–water partition coefficient (Wildman–Crippen LogP) is 3.62. The molecule has 110 valence electrons. The van der Waals surface area contributed by atoms with Gasteiger partial charge >= 0.3 is 0 Å². The number of carbonyl (C=O) groups is 1. The maximum absolute atomic E-state index is 12.2. The second-order valence-electron chi connectivity index (χ2n) is 4.55. The van der Waals surface area contributed by atoms with Crippen molar-refractivity contribution in [1.82, 2.24) is 10.3 Å². The predicted molar refractivity (Wildman–Crippen MR) is 82.7 cm³/mol. The minimum atomic E-state index is -0.236. The molecule has 1 N–H and O–H groups in total. The summed E-state index contributed by atoms with van der Waals surface area (Å²) in [6, 6.07) is 12.5. The van der Waals surface area contributed by atoms with Crippen molar-refractivity contribution in [3.63, 3.8) is 0 Å². The zero-order chi connectivity index (χ0) is 15.2. The molecule has 0 spiro atoms. The second kappa shape index (κ2) is 7.09. The molecule has 0 fully saturated rings. The van der Waals surface area contributed by atoms with E-state index in [1.807, 2.05) is 31.2 Å². The van der Waals surface area contributed by atoms with Gasteiger partial charge in [-0.1, -0.05) is 36.7 Å². The Labute approximate surface area is 129 Å². The Morgan fingerprint density at radius 1 is 1.29 bits per heavy atom. The lowest BCUT2D eigenvalue weighted by molar-refractivity contribution is 0.0930. The highest BCUT2D eigenvalue weighted by molar-refractivity contribution is 6.29. The molecular formula is C16H17ClN2O2. The van der Waals surface area contributed by atoms with Gasteiger partial charge in [0.1, 0.15) is 16.6 Å². The molecular weight excluding hydrogens is 288 g/mol. The highest BCUT2D eigenvalue weighted by Crippen LogP contribution is 2.20. The standard InChI is InChI=1S/C16H17ClN2O2/c1-3-13(11-7-9-12(21-2)10-8-11)19-16(20)14-5-4-6-15(17)18-14/h4-10,13H,3H2,1-2H3,(H,19,20). The molecule has 2 aromatic rings. The third-order valence-corrected chi connectivity index (χ3v) is 3.39. The lowest BCUT2D eigenvalue weighted by Crippen LogP contribution is -2.28. The summed E-state index contributed by atoms with van der Waals surface area (Å²) in [6.45, 7) is 2.01. The summed E-state index contributed by atoms with van der Waals surface area (Å²) in [5.74, 6) is 0.552. The number of pyridine rings is 1. The molecule has 0 saturated carbocycles. The summed E-state index contributed by atoms with van der Waals surface area (Å²) in [6.07, 6.45) is 0.776. The third kappa shape index (κ3) is 3.95. The molecule has 0 saturated heterocycles. The van der Waals surface area contributed by atoms with Gasteiger partial charge in [0.25, 0.3) is 5.91 Å². The summed E-state index contributed by atoms with van der Waals surface area (Å²) in [4.78, 5) is 16.2. The summed E-state index contributed by atoms with van der Waals surface area (Å²) in [7, 11) is 1.62. The first-order valence-corrected chi connectivity index (χ1v) is 7.09. The van der Waals surface area contributed by atoms with Crippen LogP contribution in [0.3, 0.4) is 0 Å². The van der Waals surface area contributed by atoms with Gasteiger partial charge in [-0.25, -0.2) is 4.98 Å². The van der Waals surface area contributed by atoms with Crippen molar-refractivity contribution in [2.45, 2.75) is 19.4 Å². The fraction of sp³-hybridized carbons (Fsp3) is 0.250. The summed E-state index contributed by atoms with van der Waals surface area (Å²) in [5.41, 5.74) is 1.34. The van der Waals surface area contributed by atoms with E-state index in [0.717, 1.165) is 17.7 Å². The van der Waals surface area contributed by atoms with Crippen LogP contribution in [0.4, 0.5) is 0 Å². The Kier molecular flexibility index (Phi) is 5.17. The number of hydrogen-bond donors (Lipinski definition) is 1. The molecule has 1 heterocycles. The summed E-state index contributed by atoms with van der Waals surface area (Å²) >= 11 is 5.80. The van der Waals surface area contributed by atoms with Crippen LogP contribution < -0.4 is 10.1 Å². The van der Waals surface area contributed by atoms with Crippen LogP contribution in [0, 0.1) is 0 Å². The SMILES string of the molecule is CCC(NC(=O)c1cccc(Cl)n1)c1ccc(OC)cc1. The molecule has 5 heteroatoms. The van der Waals surface area contributed by atoms with Crippen LogP contribution in [-0.2, 0) is 0 Å². The molecule has 1 unspecified atom stereocenters. The molecule has 4 nitrogen and oxygen atoms in total. The highest BCUT2D eigenvalue weighted by atomic mass is 35.5. The van der Waals surface area contributed by atoms with Gasteiger partial charge in [0.15, 0.2) is 0 Å². The topological polar surface area (TPSA) is 51.2 Å². The summed E-state index contributed by atoms with van der Waals surface area (Å²) < 4.78 is 5.13. The van der Waals surface area contributed by atoms with Crippen molar-refractivity contribution in [2.24, 2.45) is 0 Å². The van der Waals surface area contributed by atoms with E-state index in [-0.39, 0.29) is 11.9 Å². The third-order valence-electron chi connectivity index (χ3n) is 3.18. The Morgan fingerprint density at radius 3 is 2.57 bits per heavy atom. The van der Waals surface area contributed by atoms with Crippen molar-refractivity contribution in [2.75, 3.05) is 7.11 Å². The molecule has 2 rings (SSSR count). The molecule has 21 heavy (non-hydrogen) atoms. The van der Waals surface area contributed by atoms with Crippen molar-refractivity contribution >= 4 is 17.5 Å². The van der Waals surface area contributed by atoms with Crippen molar-refractivity contribution < 1.29 is 9.53 Å². The van der Waals surface area contributed by atoms with Crippen LogP contribution >= 0.6 is 11.6 Å². The quantitative estimate of drug-likeness (QED) is 0.858. The molecule has 1 amide bonds. The molecule has 1 aromatic heterocycles. The number of ether oxygens (including phenoxy) is 1. The van der Waals surface area contributed by atoms with E-state index in [1.165, 1.54) is 0 Å². The normalized spacial score (nSPS) is 11.8. The Hall–Kier alpha value is -2.07. The van der Waals surface area contributed by atoms with E-state index >= 15 is 0 Å². The number of hydrogen-bond acceptors (Lipinski definition) is 3. The summed E-state index contributed by atoms with van der Waals surface area (Å²) in [5, 5.41) is 3.27. The number of rotatable bonds is 5. The first-order valence-electron chi connectivity index (χ1n) is 6.71. The first kappa shape index (κ1) is 15.3. The fourth-order valence-corrected chi connectivity index (χ4v) is 2.19. The lowest BCUT2D eigenvalue weighted by atomic mass is 10.0. The van der Waals surface area contributed by atoms with E-state index in [1.54, 1.807) is 25.3 Å². The first-order chi connectivity index (χ1) is 10.1. The molecule has 0 aliphatic heterocycles. The Balaban J connectivity index is 2.12. The maximum atomic E-state index is 12.2. The van der Waals surface area contributed by atoms with Gasteiger partial charge < -0.3 is 10.1 Å². The van der Waals surface area contributed by atoms with E-state index in [0.29, 0.717) is 10.8 Å². The number of halogens is 1. The molecule has 0 aliphatic rings. The van der Waals surface area contributed by atoms with Gasteiger partial charge in [-0.3, -0.25) is 4.79 Å². The van der Waals surface area contributed by atoms with Gasteiger partial charge in [0.2, 0.25) is 0 Å². The smallest absolute Gasteiger partial charge is 0.270 e. The van der Waals surface area contributed by atoms with Crippen molar-refractivity contribution in [1.29, 1.82) is 0 Å². The number of carbonyl (C=O) groups excluding carboxylic acids is 1. The maximum Gasteiger partial charge on any atom is 0.270 e. The van der Waals surface area contributed by atoms with Crippen LogP contribution in [0.25, 0.3) is 0 Å². The highest BCUT2D eigenvalue weighted by Gasteiger charge is 2.15. The van der Waals surface area contributed by atoms with Crippen molar-refractivity contribution in [3.05, 3.63) is 58.9 Å². The zero-order valence-electron chi connectivity index (χ0n) is 12.0. The van der Waals surface area contributed by atoms with Crippen LogP contribution in [0.5, 0.6) is 5.75 Å². The van der Waals surface area contributed by atoms with Gasteiger partial charge in [-0.2, -0.15) is 0 Å². The molecule has 1 atom stereocenters. The van der Waals surface area contributed by atoms with E-state index in [9.17, 15) is 4.79 Å². The molecule has 1 aromatic carbocycles. The van der Waals surface area contributed by atoms with Crippen LogP contribution in [0.1, 0.15) is 35.4 Å². The van der Waals surface area contributed by atoms with E-state index < -0.39 is 0 Å². The number of methoxy groups -OCH3 is 1. The number of nitrogens with zero attached hydrogens (tertiary/aromatic N) is 1. The molecule has 0 bridgehead atoms. The van der Waals surface area contributed by atoms with E-state index in [4.69, 9.17) is 16.3 Å². The number of benzene rings is 1. The Morgan fingerprint density at radius 2 is 2.00 bits per heavy atom. The van der Waals surface area contributed by atoms with Gasteiger partial charge in [0.05, 0.1) is 13.2 Å². The zero-order valence-corrected chi connectivity index (χ0v) is 12.7. The Bertz CT molecular complexity index is 614. The van der Waals surface area contributed by atoms with Crippen molar-refractivity contribution in [3.8, 4) is 5.75 Å². The monoisotopic (exact) mass is 304 g/mol. The lowest BCUT2D eigenvalue weighted by Gasteiger charge is -2.17. The number of aromatic nitrogens is 1.